The topological polar surface area (TPSA) is 84.4 Å². The van der Waals surface area contributed by atoms with Crippen molar-refractivity contribution in [3.05, 3.63) is 0 Å². The van der Waals surface area contributed by atoms with E-state index in [1.807, 2.05) is 27.8 Å². The van der Waals surface area contributed by atoms with Crippen molar-refractivity contribution >= 4 is 36.0 Å². The van der Waals surface area contributed by atoms with Gasteiger partial charge in [-0.05, 0) is 46.5 Å². The highest BCUT2D eigenvalue weighted by atomic mass is 127. The third-order valence-corrected chi connectivity index (χ3v) is 6.68. The number of nitrogens with one attached hydrogen (secondary N) is 2. The fourth-order valence-corrected chi connectivity index (χ4v) is 5.11. The zero-order valence-corrected chi connectivity index (χ0v) is 22.9. The first-order valence-corrected chi connectivity index (χ1v) is 11.8. The molecule has 1 amide bonds. The van der Waals surface area contributed by atoms with Crippen molar-refractivity contribution in [3.63, 3.8) is 0 Å². The van der Waals surface area contributed by atoms with Crippen LogP contribution in [-0.4, -0.2) is 80.7 Å². The van der Waals surface area contributed by atoms with Crippen LogP contribution in [0, 0.1) is 11.3 Å². The summed E-state index contributed by atoms with van der Waals surface area (Å²) in [6.07, 6.45) is 4.18. The van der Waals surface area contributed by atoms with Crippen LogP contribution in [-0.2, 0) is 14.2 Å². The molecule has 0 spiro atoms. The predicted octanol–water partition coefficient (Wildman–Crippen LogP) is 3.39. The summed E-state index contributed by atoms with van der Waals surface area (Å²) in [6, 6.07) is 0.421. The first-order chi connectivity index (χ1) is 14.6. The molecule has 0 bridgehead atoms. The van der Waals surface area contributed by atoms with Gasteiger partial charge in [0.2, 0.25) is 0 Å². The van der Waals surface area contributed by atoms with E-state index in [1.165, 1.54) is 0 Å². The molecule has 0 radical (unpaired) electrons. The molecule has 3 fully saturated rings. The summed E-state index contributed by atoms with van der Waals surface area (Å²) in [6.45, 7) is 14.1. The number of guanidine groups is 1. The Kier molecular flexibility index (Phi) is 9.90. The minimum atomic E-state index is -0.467. The number of hydrogen-bond acceptors (Lipinski definition) is 5. The predicted molar refractivity (Wildman–Crippen MR) is 137 cm³/mol. The van der Waals surface area contributed by atoms with Gasteiger partial charge in [0.1, 0.15) is 5.60 Å². The molecule has 3 unspecified atom stereocenters. The summed E-state index contributed by atoms with van der Waals surface area (Å²) in [7, 11) is 1.87. The van der Waals surface area contributed by atoms with E-state index in [9.17, 15) is 4.79 Å². The van der Waals surface area contributed by atoms with Gasteiger partial charge in [0.15, 0.2) is 5.96 Å². The summed E-state index contributed by atoms with van der Waals surface area (Å²) < 4.78 is 17.2. The zero-order chi connectivity index (χ0) is 22.6. The number of alkyl carbamates (subject to hydrolysis) is 1. The average molecular weight is 567 g/mol. The molecule has 2 heterocycles. The fourth-order valence-electron chi connectivity index (χ4n) is 5.11. The van der Waals surface area contributed by atoms with Crippen LogP contribution in [0.3, 0.4) is 0 Å². The number of carbonyl (C=O) groups excluding carboxylic acids is 1. The van der Waals surface area contributed by atoms with Crippen LogP contribution in [0.15, 0.2) is 4.99 Å². The Labute approximate surface area is 210 Å². The maximum absolute atomic E-state index is 11.7. The molecule has 8 nitrogen and oxygen atoms in total. The summed E-state index contributed by atoms with van der Waals surface area (Å²) in [5, 5.41) is 6.51. The Morgan fingerprint density at radius 2 is 1.91 bits per heavy atom. The lowest BCUT2D eigenvalue weighted by Crippen LogP contribution is -2.68. The highest BCUT2D eigenvalue weighted by Crippen LogP contribution is 2.52. The monoisotopic (exact) mass is 566 g/mol. The maximum atomic E-state index is 11.7. The van der Waals surface area contributed by atoms with Gasteiger partial charge in [0, 0.05) is 57.3 Å². The maximum Gasteiger partial charge on any atom is 0.407 e. The number of amides is 1. The number of likely N-dealkylation sites (tertiary alicyclic amines) is 1. The van der Waals surface area contributed by atoms with Crippen molar-refractivity contribution in [2.75, 3.05) is 39.9 Å². The second kappa shape index (κ2) is 11.6. The van der Waals surface area contributed by atoms with Crippen LogP contribution >= 0.6 is 24.0 Å². The molecule has 186 valence electrons. The first kappa shape index (κ1) is 27.4. The molecule has 9 heteroatoms. The number of hydrogen-bond donors (Lipinski definition) is 2. The van der Waals surface area contributed by atoms with Gasteiger partial charge in [-0.1, -0.05) is 13.8 Å². The number of nitrogens with zero attached hydrogens (tertiary/aromatic N) is 2. The Bertz CT molecular complexity index is 644. The van der Waals surface area contributed by atoms with Gasteiger partial charge < -0.3 is 29.7 Å². The number of ether oxygens (including phenoxy) is 3. The number of rotatable bonds is 6. The van der Waals surface area contributed by atoms with E-state index in [4.69, 9.17) is 14.2 Å². The lowest BCUT2D eigenvalue weighted by Gasteiger charge is -2.55. The SMILES string of the molecule is CN=C(NC1C2CCOC2C1(C)C)N1CCC(OCCCNC(=O)OC(C)(C)C)CC1.I. The largest absolute Gasteiger partial charge is 0.444 e. The van der Waals surface area contributed by atoms with Crippen molar-refractivity contribution < 1.29 is 19.0 Å². The lowest BCUT2D eigenvalue weighted by atomic mass is 9.57. The third kappa shape index (κ3) is 6.85. The van der Waals surface area contributed by atoms with Gasteiger partial charge in [-0.3, -0.25) is 4.99 Å². The normalized spacial score (nSPS) is 27.8. The molecule has 2 N–H and O–H groups in total. The van der Waals surface area contributed by atoms with Crippen LogP contribution in [0.5, 0.6) is 0 Å². The fraction of sp³-hybridized carbons (Fsp3) is 0.913. The molecule has 0 aromatic heterocycles. The molecule has 1 aliphatic carbocycles. The minimum absolute atomic E-state index is 0. The molecule has 32 heavy (non-hydrogen) atoms. The Balaban J connectivity index is 0.00000363. The first-order valence-electron chi connectivity index (χ1n) is 11.8. The van der Waals surface area contributed by atoms with E-state index in [2.05, 4.69) is 34.4 Å². The second-order valence-electron chi connectivity index (χ2n) is 10.6. The van der Waals surface area contributed by atoms with Crippen LogP contribution in [0.25, 0.3) is 0 Å². The Hall–Kier alpha value is -0.810. The number of carbonyl (C=O) groups is 1. The van der Waals surface area contributed by atoms with Crippen LogP contribution in [0.2, 0.25) is 0 Å². The quantitative estimate of drug-likeness (QED) is 0.222. The third-order valence-electron chi connectivity index (χ3n) is 6.68. The molecule has 0 aromatic rings. The second-order valence-corrected chi connectivity index (χ2v) is 10.6. The zero-order valence-electron chi connectivity index (χ0n) is 20.6. The molecule has 0 aromatic carbocycles. The number of halogens is 1. The molecule has 2 aliphatic heterocycles. The molecular formula is C23H43IN4O4. The number of fused-ring (bicyclic) bond motifs is 1. The highest BCUT2D eigenvalue weighted by molar-refractivity contribution is 14.0. The molecule has 3 aliphatic rings. The van der Waals surface area contributed by atoms with Gasteiger partial charge in [0.05, 0.1) is 12.2 Å². The van der Waals surface area contributed by atoms with Crippen molar-refractivity contribution in [1.82, 2.24) is 15.5 Å². The van der Waals surface area contributed by atoms with Crippen LogP contribution in [0.4, 0.5) is 4.79 Å². The van der Waals surface area contributed by atoms with Gasteiger partial charge in [-0.15, -0.1) is 24.0 Å². The molecule has 1 saturated carbocycles. The van der Waals surface area contributed by atoms with Crippen molar-refractivity contribution in [1.29, 1.82) is 0 Å². The van der Waals surface area contributed by atoms with Crippen molar-refractivity contribution in [2.45, 2.75) is 84.2 Å². The van der Waals surface area contributed by atoms with E-state index in [0.717, 1.165) is 51.3 Å². The average Bonchev–Trinajstić information content (AvgIpc) is 3.15. The van der Waals surface area contributed by atoms with Gasteiger partial charge >= 0.3 is 6.09 Å². The molecule has 2 saturated heterocycles. The van der Waals surface area contributed by atoms with Crippen LogP contribution in [0.1, 0.15) is 60.3 Å². The summed E-state index contributed by atoms with van der Waals surface area (Å²) in [5.41, 5.74) is -0.323. The minimum Gasteiger partial charge on any atom is -0.444 e. The standard InChI is InChI=1S/C23H42N4O4.HI/c1-22(2,3)31-21(28)25-11-7-14-29-16-8-12-27(13-9-16)20(24-6)26-18-17-10-15-30-19(17)23(18,4)5;/h16-19H,7-15H2,1-6H3,(H,24,26)(H,25,28);1H. The molecule has 3 rings (SSSR count). The molecular weight excluding hydrogens is 523 g/mol. The smallest absolute Gasteiger partial charge is 0.407 e. The van der Waals surface area contributed by atoms with E-state index < -0.39 is 5.60 Å². The van der Waals surface area contributed by atoms with Crippen LogP contribution < -0.4 is 10.6 Å². The van der Waals surface area contributed by atoms with E-state index in [1.54, 1.807) is 0 Å². The van der Waals surface area contributed by atoms with E-state index in [0.29, 0.717) is 31.2 Å². The summed E-state index contributed by atoms with van der Waals surface area (Å²) in [4.78, 5) is 18.6. The number of piperidine rings is 1. The van der Waals surface area contributed by atoms with Crippen molar-refractivity contribution in [3.8, 4) is 0 Å². The Morgan fingerprint density at radius 1 is 1.22 bits per heavy atom. The van der Waals surface area contributed by atoms with Crippen molar-refractivity contribution in [2.24, 2.45) is 16.3 Å². The lowest BCUT2D eigenvalue weighted by molar-refractivity contribution is -0.107. The van der Waals surface area contributed by atoms with Gasteiger partial charge in [-0.2, -0.15) is 0 Å². The summed E-state index contributed by atoms with van der Waals surface area (Å²) in [5.74, 6) is 1.60. The highest BCUT2D eigenvalue weighted by Gasteiger charge is 2.59. The van der Waals surface area contributed by atoms with E-state index >= 15 is 0 Å². The van der Waals surface area contributed by atoms with E-state index in [-0.39, 0.29) is 41.6 Å². The van der Waals surface area contributed by atoms with Gasteiger partial charge in [-0.25, -0.2) is 4.79 Å². The number of aliphatic imine (C=N–C) groups is 1. The van der Waals surface area contributed by atoms with Gasteiger partial charge in [0.25, 0.3) is 0 Å². The summed E-state index contributed by atoms with van der Waals surface area (Å²) >= 11 is 0. The molecule has 3 atom stereocenters. The Morgan fingerprint density at radius 3 is 2.53 bits per heavy atom.